The summed E-state index contributed by atoms with van der Waals surface area (Å²) in [6.45, 7) is 8.14. The second-order valence-corrected chi connectivity index (χ2v) is 8.83. The monoisotopic (exact) mass is 441 g/mol. The van der Waals surface area contributed by atoms with Crippen LogP contribution in [0.1, 0.15) is 32.5 Å². The van der Waals surface area contributed by atoms with Crippen molar-refractivity contribution in [3.63, 3.8) is 0 Å². The molecule has 7 nitrogen and oxygen atoms in total. The van der Waals surface area contributed by atoms with Crippen molar-refractivity contribution in [3.8, 4) is 0 Å². The molecule has 0 fully saturated rings. The molecule has 0 bridgehead atoms. The summed E-state index contributed by atoms with van der Waals surface area (Å²) in [6, 6.07) is 10.7. The minimum Gasteiger partial charge on any atom is -0.356 e. The summed E-state index contributed by atoms with van der Waals surface area (Å²) < 4.78 is 4.57. The maximum atomic E-state index is 4.40. The zero-order chi connectivity index (χ0) is 22.1. The summed E-state index contributed by atoms with van der Waals surface area (Å²) in [7, 11) is 1.82. The number of aryl methyl sites for hydroxylation is 2. The maximum Gasteiger partial charge on any atom is 0.190 e. The summed E-state index contributed by atoms with van der Waals surface area (Å²) in [4.78, 5) is 4.34. The van der Waals surface area contributed by atoms with Crippen molar-refractivity contribution in [1.29, 1.82) is 0 Å². The van der Waals surface area contributed by atoms with Gasteiger partial charge in [0.05, 0.1) is 0 Å². The first-order valence-electron chi connectivity index (χ1n) is 11.1. The molecule has 2 heterocycles. The Kier molecular flexibility index (Phi) is 8.82. The molecule has 0 aliphatic rings. The Balaban J connectivity index is 1.38. The van der Waals surface area contributed by atoms with Gasteiger partial charge in [-0.2, -0.15) is 0 Å². The number of nitrogens with one attached hydrogen (secondary N) is 2. The molecule has 0 aliphatic heterocycles. The molecule has 8 heteroatoms. The number of guanidine groups is 1. The van der Waals surface area contributed by atoms with Crippen molar-refractivity contribution in [2.24, 2.45) is 10.9 Å². The van der Waals surface area contributed by atoms with E-state index in [2.05, 4.69) is 91.6 Å². The lowest BCUT2D eigenvalue weighted by Crippen LogP contribution is -2.38. The summed E-state index contributed by atoms with van der Waals surface area (Å²) >= 11 is 1.66. The van der Waals surface area contributed by atoms with E-state index in [1.54, 1.807) is 11.8 Å². The van der Waals surface area contributed by atoms with Crippen molar-refractivity contribution >= 4 is 28.6 Å². The van der Waals surface area contributed by atoms with E-state index < -0.39 is 0 Å². The smallest absolute Gasteiger partial charge is 0.190 e. The van der Waals surface area contributed by atoms with Gasteiger partial charge in [-0.25, -0.2) is 0 Å². The lowest BCUT2D eigenvalue weighted by atomic mass is 10.2. The number of rotatable bonds is 11. The molecule has 0 unspecified atom stereocenters. The Hall–Kier alpha value is -2.48. The highest BCUT2D eigenvalue weighted by atomic mass is 32.2. The SMILES string of the molecule is CN=C(NCCCc1nnc(SC)n1CC(C)C)NCCCn1ccc2ccccc21. The fraction of sp³-hybridized carbons (Fsp3) is 0.522. The van der Waals surface area contributed by atoms with Gasteiger partial charge in [0, 0.05) is 51.4 Å². The molecule has 2 N–H and O–H groups in total. The lowest BCUT2D eigenvalue weighted by Gasteiger charge is -2.13. The van der Waals surface area contributed by atoms with Crippen LogP contribution in [0.15, 0.2) is 46.7 Å². The minimum atomic E-state index is 0.575. The van der Waals surface area contributed by atoms with Crippen LogP contribution in [-0.2, 0) is 19.5 Å². The van der Waals surface area contributed by atoms with E-state index in [4.69, 9.17) is 0 Å². The van der Waals surface area contributed by atoms with E-state index in [9.17, 15) is 0 Å². The molecule has 0 atom stereocenters. The van der Waals surface area contributed by atoms with Gasteiger partial charge in [-0.1, -0.05) is 43.8 Å². The molecule has 1 aromatic carbocycles. The highest BCUT2D eigenvalue weighted by Crippen LogP contribution is 2.17. The molecule has 168 valence electrons. The average molecular weight is 442 g/mol. The maximum absolute atomic E-state index is 4.40. The molecule has 2 aromatic heterocycles. The first-order valence-corrected chi connectivity index (χ1v) is 12.3. The van der Waals surface area contributed by atoms with Crippen molar-refractivity contribution < 1.29 is 0 Å². The van der Waals surface area contributed by atoms with Gasteiger partial charge in [0.2, 0.25) is 0 Å². The summed E-state index contributed by atoms with van der Waals surface area (Å²) in [5.74, 6) is 2.50. The van der Waals surface area contributed by atoms with Gasteiger partial charge >= 0.3 is 0 Å². The first-order chi connectivity index (χ1) is 15.1. The van der Waals surface area contributed by atoms with E-state index >= 15 is 0 Å². The van der Waals surface area contributed by atoms with Gasteiger partial charge in [0.25, 0.3) is 0 Å². The topological polar surface area (TPSA) is 72.1 Å². The number of benzene rings is 1. The predicted octanol–water partition coefficient (Wildman–Crippen LogP) is 3.80. The molecular formula is C23H35N7S. The molecule has 0 saturated heterocycles. The Morgan fingerprint density at radius 2 is 1.87 bits per heavy atom. The third-order valence-electron chi connectivity index (χ3n) is 5.17. The van der Waals surface area contributed by atoms with Crippen LogP contribution in [0.2, 0.25) is 0 Å². The third kappa shape index (κ3) is 6.50. The Morgan fingerprint density at radius 1 is 1.10 bits per heavy atom. The normalized spacial score (nSPS) is 12.1. The number of nitrogens with zero attached hydrogens (tertiary/aromatic N) is 5. The molecule has 31 heavy (non-hydrogen) atoms. The molecular weight excluding hydrogens is 406 g/mol. The molecule has 3 aromatic rings. The molecule has 0 amide bonds. The molecule has 0 radical (unpaired) electrons. The van der Waals surface area contributed by atoms with Crippen LogP contribution >= 0.6 is 11.8 Å². The van der Waals surface area contributed by atoms with Crippen LogP contribution in [0, 0.1) is 5.92 Å². The second-order valence-electron chi connectivity index (χ2n) is 8.06. The Morgan fingerprint density at radius 3 is 2.61 bits per heavy atom. The van der Waals surface area contributed by atoms with E-state index in [-0.39, 0.29) is 0 Å². The van der Waals surface area contributed by atoms with Crippen LogP contribution in [0.3, 0.4) is 0 Å². The quantitative estimate of drug-likeness (QED) is 0.205. The van der Waals surface area contributed by atoms with E-state index in [1.807, 2.05) is 7.05 Å². The molecule has 0 aliphatic carbocycles. The summed E-state index contributed by atoms with van der Waals surface area (Å²) in [6.07, 6.45) is 7.15. The molecule has 3 rings (SSSR count). The number of aromatic nitrogens is 4. The van der Waals surface area contributed by atoms with Crippen LogP contribution in [0.4, 0.5) is 0 Å². The number of aliphatic imine (C=N–C) groups is 1. The first kappa shape index (κ1) is 23.2. The predicted molar refractivity (Wildman–Crippen MR) is 131 cm³/mol. The van der Waals surface area contributed by atoms with Crippen molar-refractivity contribution in [3.05, 3.63) is 42.4 Å². The Bertz CT molecular complexity index is 973. The second kappa shape index (κ2) is 11.8. The number of fused-ring (bicyclic) bond motifs is 1. The fourth-order valence-corrected chi connectivity index (χ4v) is 4.19. The van der Waals surface area contributed by atoms with Crippen molar-refractivity contribution in [2.45, 2.75) is 51.4 Å². The summed E-state index contributed by atoms with van der Waals surface area (Å²) in [5.41, 5.74) is 1.29. The van der Waals surface area contributed by atoms with Gasteiger partial charge in [-0.05, 0) is 42.5 Å². The van der Waals surface area contributed by atoms with E-state index in [0.717, 1.165) is 62.4 Å². The van der Waals surface area contributed by atoms with Crippen LogP contribution in [-0.4, -0.2) is 51.7 Å². The standard InChI is InChI=1S/C23H35N7S/c1-18(2)17-30-21(27-28-23(30)31-4)11-7-13-25-22(24-3)26-14-8-15-29-16-12-19-9-5-6-10-20(19)29/h5-6,9-10,12,16,18H,7-8,11,13-15,17H2,1-4H3,(H2,24,25,26). The van der Waals surface area contributed by atoms with Crippen molar-refractivity contribution in [1.82, 2.24) is 30.0 Å². The van der Waals surface area contributed by atoms with Gasteiger partial charge in [0.15, 0.2) is 11.1 Å². The highest BCUT2D eigenvalue weighted by molar-refractivity contribution is 7.98. The average Bonchev–Trinajstić information content (AvgIpc) is 3.36. The largest absolute Gasteiger partial charge is 0.356 e. The highest BCUT2D eigenvalue weighted by Gasteiger charge is 2.12. The van der Waals surface area contributed by atoms with Crippen LogP contribution in [0.25, 0.3) is 10.9 Å². The van der Waals surface area contributed by atoms with E-state index in [1.165, 1.54) is 10.9 Å². The van der Waals surface area contributed by atoms with Gasteiger partial charge in [-0.3, -0.25) is 4.99 Å². The number of hydrogen-bond donors (Lipinski definition) is 2. The van der Waals surface area contributed by atoms with E-state index in [0.29, 0.717) is 5.92 Å². The zero-order valence-corrected chi connectivity index (χ0v) is 20.0. The fourth-order valence-electron chi connectivity index (χ4n) is 3.67. The Labute approximate surface area is 189 Å². The van der Waals surface area contributed by atoms with Crippen LogP contribution in [0.5, 0.6) is 0 Å². The summed E-state index contributed by atoms with van der Waals surface area (Å²) in [5, 5.41) is 17.9. The van der Waals surface area contributed by atoms with Crippen molar-refractivity contribution in [2.75, 3.05) is 26.4 Å². The molecule has 0 saturated carbocycles. The van der Waals surface area contributed by atoms with Gasteiger partial charge in [0.1, 0.15) is 5.82 Å². The van der Waals surface area contributed by atoms with Gasteiger partial charge in [-0.15, -0.1) is 10.2 Å². The number of hydrogen-bond acceptors (Lipinski definition) is 4. The molecule has 0 spiro atoms. The number of thioether (sulfide) groups is 1. The number of para-hydroxylation sites is 1. The van der Waals surface area contributed by atoms with Gasteiger partial charge < -0.3 is 19.8 Å². The minimum absolute atomic E-state index is 0.575. The third-order valence-corrected chi connectivity index (χ3v) is 5.83. The zero-order valence-electron chi connectivity index (χ0n) is 19.1. The van der Waals surface area contributed by atoms with Crippen LogP contribution < -0.4 is 10.6 Å². The lowest BCUT2D eigenvalue weighted by molar-refractivity contribution is 0.477.